The van der Waals surface area contributed by atoms with Crippen LogP contribution in [0.4, 0.5) is 0 Å². The highest BCUT2D eigenvalue weighted by atomic mass is 15.0. The van der Waals surface area contributed by atoms with Crippen molar-refractivity contribution in [1.29, 1.82) is 0 Å². The molecule has 2 heterocycles. The Kier molecular flexibility index (Phi) is 7.40. The molecular formula is C51H36N2. The molecule has 53 heavy (non-hydrogen) atoms. The number of aromatic nitrogens is 2. The minimum Gasteiger partial charge on any atom is -0.309 e. The van der Waals surface area contributed by atoms with Gasteiger partial charge in [-0.3, -0.25) is 0 Å². The van der Waals surface area contributed by atoms with Crippen LogP contribution in [0.5, 0.6) is 0 Å². The van der Waals surface area contributed by atoms with Crippen LogP contribution in [-0.2, 0) is 0 Å². The second kappa shape index (κ2) is 12.7. The van der Waals surface area contributed by atoms with Crippen molar-refractivity contribution >= 4 is 55.8 Å². The first kappa shape index (κ1) is 30.9. The van der Waals surface area contributed by atoms with Gasteiger partial charge in [-0.15, -0.1) is 0 Å². The molecular weight excluding hydrogens is 641 g/mol. The van der Waals surface area contributed by atoms with E-state index in [1.54, 1.807) is 0 Å². The summed E-state index contributed by atoms with van der Waals surface area (Å²) in [6.07, 6.45) is 4.47. The van der Waals surface area contributed by atoms with Crippen molar-refractivity contribution in [1.82, 2.24) is 9.13 Å². The summed E-state index contributed by atoms with van der Waals surface area (Å²) < 4.78 is 4.79. The Morgan fingerprint density at radius 2 is 0.943 bits per heavy atom. The summed E-state index contributed by atoms with van der Waals surface area (Å²) in [6.45, 7) is 2.15. The molecule has 0 N–H and O–H groups in total. The second-order valence-corrected chi connectivity index (χ2v) is 13.9. The Morgan fingerprint density at radius 3 is 1.66 bits per heavy atom. The van der Waals surface area contributed by atoms with Crippen LogP contribution in [0.25, 0.3) is 89.4 Å². The van der Waals surface area contributed by atoms with E-state index in [9.17, 15) is 0 Å². The fourth-order valence-electron chi connectivity index (χ4n) is 8.15. The zero-order chi connectivity index (χ0) is 35.3. The summed E-state index contributed by atoms with van der Waals surface area (Å²) in [6, 6.07) is 68.2. The van der Waals surface area contributed by atoms with Crippen molar-refractivity contribution in [3.8, 4) is 33.6 Å². The minimum absolute atomic E-state index is 1.16. The number of nitrogens with zero attached hydrogens (tertiary/aromatic N) is 2. The molecule has 2 nitrogen and oxygen atoms in total. The van der Waals surface area contributed by atoms with E-state index in [1.807, 2.05) is 0 Å². The quantitative estimate of drug-likeness (QED) is 0.155. The molecule has 2 heteroatoms. The first-order chi connectivity index (χ1) is 26.2. The van der Waals surface area contributed by atoms with Crippen LogP contribution in [0, 0.1) is 6.92 Å². The maximum absolute atomic E-state index is 2.41. The smallest absolute Gasteiger partial charge is 0.0541 e. The normalized spacial score (nSPS) is 11.8. The molecule has 0 amide bonds. The first-order valence-corrected chi connectivity index (χ1v) is 18.3. The van der Waals surface area contributed by atoms with E-state index in [2.05, 4.69) is 216 Å². The van der Waals surface area contributed by atoms with Crippen LogP contribution in [0.3, 0.4) is 0 Å². The Bertz CT molecular complexity index is 2950. The lowest BCUT2D eigenvalue weighted by Gasteiger charge is -2.14. The molecule has 8 aromatic carbocycles. The van der Waals surface area contributed by atoms with Crippen LogP contribution in [0.2, 0.25) is 0 Å². The van der Waals surface area contributed by atoms with Crippen molar-refractivity contribution < 1.29 is 0 Å². The Balaban J connectivity index is 0.997. The number of fused-ring (bicyclic) bond motifs is 6. The van der Waals surface area contributed by atoms with Crippen LogP contribution < -0.4 is 0 Å². The van der Waals surface area contributed by atoms with Crippen molar-refractivity contribution in [2.75, 3.05) is 0 Å². The Hall–Kier alpha value is -6.90. The standard InChI is InChI=1S/C51H36N2/c1-35-13-12-15-40(33-35)52-48-22-9-7-20-45(48)46-34-39(31-32-51(46)52)41-16-3-2-14-37(41)28-25-36-26-29-38(30-27-36)42-17-4-8-21-47(42)53-49-23-10-5-18-43(49)44-19-6-11-24-50(44)53/h2-34H,1H3. The number of hydrogen-bond acceptors (Lipinski definition) is 0. The molecule has 0 aliphatic rings. The number of aryl methyl sites for hydroxylation is 1. The highest BCUT2D eigenvalue weighted by Crippen LogP contribution is 2.38. The summed E-state index contributed by atoms with van der Waals surface area (Å²) in [7, 11) is 0. The van der Waals surface area contributed by atoms with Gasteiger partial charge in [0.25, 0.3) is 0 Å². The maximum atomic E-state index is 2.41. The van der Waals surface area contributed by atoms with Gasteiger partial charge in [-0.05, 0) is 88.8 Å². The molecule has 0 radical (unpaired) electrons. The number of para-hydroxylation sites is 4. The van der Waals surface area contributed by atoms with E-state index in [0.29, 0.717) is 0 Å². The molecule has 250 valence electrons. The van der Waals surface area contributed by atoms with Gasteiger partial charge in [0.1, 0.15) is 0 Å². The molecule has 10 rings (SSSR count). The molecule has 0 spiro atoms. The summed E-state index contributed by atoms with van der Waals surface area (Å²) in [5.41, 5.74) is 15.7. The first-order valence-electron chi connectivity index (χ1n) is 18.3. The summed E-state index contributed by atoms with van der Waals surface area (Å²) in [4.78, 5) is 0. The van der Waals surface area contributed by atoms with Gasteiger partial charge >= 0.3 is 0 Å². The third-order valence-corrected chi connectivity index (χ3v) is 10.6. The highest BCUT2D eigenvalue weighted by molar-refractivity contribution is 6.11. The molecule has 0 unspecified atom stereocenters. The van der Waals surface area contributed by atoms with Gasteiger partial charge in [-0.1, -0.05) is 152 Å². The molecule has 0 aliphatic carbocycles. The monoisotopic (exact) mass is 676 g/mol. The van der Waals surface area contributed by atoms with E-state index in [0.717, 1.165) is 5.56 Å². The third kappa shape index (κ3) is 5.27. The predicted octanol–water partition coefficient (Wildman–Crippen LogP) is 13.7. The average Bonchev–Trinajstić information content (AvgIpc) is 3.73. The summed E-state index contributed by atoms with van der Waals surface area (Å²) >= 11 is 0. The summed E-state index contributed by atoms with van der Waals surface area (Å²) in [5.74, 6) is 0. The van der Waals surface area contributed by atoms with E-state index in [4.69, 9.17) is 0 Å². The van der Waals surface area contributed by atoms with Gasteiger partial charge in [0.15, 0.2) is 0 Å². The fourth-order valence-corrected chi connectivity index (χ4v) is 8.15. The van der Waals surface area contributed by atoms with Crippen molar-refractivity contribution in [2.45, 2.75) is 6.92 Å². The number of hydrogen-bond donors (Lipinski definition) is 0. The highest BCUT2D eigenvalue weighted by Gasteiger charge is 2.16. The van der Waals surface area contributed by atoms with Gasteiger partial charge in [-0.2, -0.15) is 0 Å². The minimum atomic E-state index is 1.16. The molecule has 0 bridgehead atoms. The van der Waals surface area contributed by atoms with Gasteiger partial charge in [-0.25, -0.2) is 0 Å². The van der Waals surface area contributed by atoms with Crippen LogP contribution in [-0.4, -0.2) is 9.13 Å². The van der Waals surface area contributed by atoms with Crippen molar-refractivity contribution in [3.05, 3.63) is 205 Å². The largest absolute Gasteiger partial charge is 0.309 e. The topological polar surface area (TPSA) is 9.86 Å². The van der Waals surface area contributed by atoms with Crippen molar-refractivity contribution in [3.63, 3.8) is 0 Å². The maximum Gasteiger partial charge on any atom is 0.0541 e. The Labute approximate surface area is 309 Å². The zero-order valence-electron chi connectivity index (χ0n) is 29.4. The van der Waals surface area contributed by atoms with E-state index < -0.39 is 0 Å². The fraction of sp³-hybridized carbons (Fsp3) is 0.0196. The lowest BCUT2D eigenvalue weighted by molar-refractivity contribution is 1.17. The number of rotatable bonds is 6. The van der Waals surface area contributed by atoms with Crippen LogP contribution >= 0.6 is 0 Å². The van der Waals surface area contributed by atoms with Gasteiger partial charge < -0.3 is 9.13 Å². The predicted molar refractivity (Wildman–Crippen MR) is 226 cm³/mol. The molecule has 0 saturated carbocycles. The van der Waals surface area contributed by atoms with E-state index in [-0.39, 0.29) is 0 Å². The van der Waals surface area contributed by atoms with Gasteiger partial charge in [0.2, 0.25) is 0 Å². The molecule has 0 atom stereocenters. The number of benzene rings is 8. The Morgan fingerprint density at radius 1 is 0.377 bits per heavy atom. The average molecular weight is 677 g/mol. The van der Waals surface area contributed by atoms with Crippen molar-refractivity contribution in [2.24, 2.45) is 0 Å². The van der Waals surface area contributed by atoms with Gasteiger partial charge in [0, 0.05) is 32.8 Å². The lowest BCUT2D eigenvalue weighted by Crippen LogP contribution is -1.96. The van der Waals surface area contributed by atoms with E-state index in [1.165, 1.54) is 88.4 Å². The third-order valence-electron chi connectivity index (χ3n) is 10.6. The lowest BCUT2D eigenvalue weighted by atomic mass is 9.97. The molecule has 2 aromatic heterocycles. The van der Waals surface area contributed by atoms with Gasteiger partial charge in [0.05, 0.1) is 27.8 Å². The van der Waals surface area contributed by atoms with Crippen LogP contribution in [0.1, 0.15) is 16.7 Å². The second-order valence-electron chi connectivity index (χ2n) is 13.9. The molecule has 0 aliphatic heterocycles. The summed E-state index contributed by atoms with van der Waals surface area (Å²) in [5, 5.41) is 5.06. The molecule has 0 fully saturated rings. The molecule has 0 saturated heterocycles. The molecule has 10 aromatic rings. The van der Waals surface area contributed by atoms with Crippen LogP contribution in [0.15, 0.2) is 188 Å². The SMILES string of the molecule is Cc1cccc(-n2c3ccccc3c3cc(-c4ccccc4C=Cc4ccc(-c5ccccc5-n5c6ccccc6c6ccccc65)cc4)ccc32)c1. The van der Waals surface area contributed by atoms with E-state index >= 15 is 0 Å². The zero-order valence-corrected chi connectivity index (χ0v) is 29.4.